The van der Waals surface area contributed by atoms with Gasteiger partial charge in [0.1, 0.15) is 13.2 Å². The molecule has 0 fully saturated rings. The maximum Gasteiger partial charge on any atom is 0.183 e. The first-order chi connectivity index (χ1) is 5.93. The van der Waals surface area contributed by atoms with Crippen molar-refractivity contribution in [3.8, 4) is 0 Å². The number of aliphatic imine (C=N–C) groups is 2. The molecule has 0 aromatic heterocycles. The molecule has 0 aliphatic carbocycles. The van der Waals surface area contributed by atoms with Gasteiger partial charge >= 0.3 is 0 Å². The highest BCUT2D eigenvalue weighted by molar-refractivity contribution is 5.76. The molecule has 0 unspecified atom stereocenters. The maximum atomic E-state index is 5.05. The smallest absolute Gasteiger partial charge is 0.183 e. The van der Waals surface area contributed by atoms with Crippen molar-refractivity contribution in [1.82, 2.24) is 0 Å². The average molecular weight is 170 g/mol. The van der Waals surface area contributed by atoms with Gasteiger partial charge in [0.2, 0.25) is 0 Å². The van der Waals surface area contributed by atoms with E-state index < -0.39 is 0 Å². The van der Waals surface area contributed by atoms with E-state index in [1.165, 1.54) is 6.40 Å². The van der Waals surface area contributed by atoms with Crippen LogP contribution in [0.5, 0.6) is 0 Å². The first-order valence-electron chi connectivity index (χ1n) is 4.19. The zero-order valence-electron chi connectivity index (χ0n) is 7.32. The van der Waals surface area contributed by atoms with Crippen molar-refractivity contribution >= 4 is 12.3 Å². The van der Waals surface area contributed by atoms with Gasteiger partial charge < -0.3 is 9.47 Å². The predicted octanol–water partition coefficient (Wildman–Crippen LogP) is 0.870. The van der Waals surface area contributed by atoms with Gasteiger partial charge in [-0.15, -0.1) is 0 Å². The van der Waals surface area contributed by atoms with Crippen LogP contribution in [0.3, 0.4) is 0 Å². The lowest BCUT2D eigenvalue weighted by molar-refractivity contribution is 0.340. The van der Waals surface area contributed by atoms with E-state index in [9.17, 15) is 0 Å². The van der Waals surface area contributed by atoms with E-state index in [0.29, 0.717) is 0 Å². The highest BCUT2D eigenvalue weighted by atomic mass is 16.5. The summed E-state index contributed by atoms with van der Waals surface area (Å²) in [5.74, 6) is 0.917. The molecule has 2 aliphatic rings. The molecule has 4 heteroatoms. The van der Waals surface area contributed by atoms with Crippen LogP contribution >= 0.6 is 0 Å². The average Bonchev–Trinajstić information content (AvgIpc) is 2.81. The van der Waals surface area contributed by atoms with E-state index in [2.05, 4.69) is 14.7 Å². The van der Waals surface area contributed by atoms with E-state index >= 15 is 0 Å². The second-order valence-electron chi connectivity index (χ2n) is 2.36. The Balaban J connectivity index is 0.000000127. The van der Waals surface area contributed by atoms with Crippen molar-refractivity contribution in [3.05, 3.63) is 0 Å². The molecule has 12 heavy (non-hydrogen) atoms. The van der Waals surface area contributed by atoms with E-state index in [-0.39, 0.29) is 0 Å². The van der Waals surface area contributed by atoms with Crippen LogP contribution < -0.4 is 0 Å². The van der Waals surface area contributed by atoms with Crippen molar-refractivity contribution in [2.45, 2.75) is 13.3 Å². The van der Waals surface area contributed by atoms with Crippen molar-refractivity contribution in [2.24, 2.45) is 9.98 Å². The summed E-state index contributed by atoms with van der Waals surface area (Å²) in [4.78, 5) is 7.78. The topological polar surface area (TPSA) is 43.2 Å². The zero-order valence-corrected chi connectivity index (χ0v) is 7.32. The van der Waals surface area contributed by atoms with Gasteiger partial charge in [-0.2, -0.15) is 0 Å². The Kier molecular flexibility index (Phi) is 4.19. The van der Waals surface area contributed by atoms with E-state index in [1.807, 2.05) is 6.92 Å². The Morgan fingerprint density at radius 2 is 2.33 bits per heavy atom. The van der Waals surface area contributed by atoms with Gasteiger partial charge in [-0.3, -0.25) is 9.98 Å². The summed E-state index contributed by atoms with van der Waals surface area (Å²) in [7, 11) is 0. The molecule has 2 aliphatic heterocycles. The summed E-state index contributed by atoms with van der Waals surface area (Å²) in [5, 5.41) is 0. The quantitative estimate of drug-likeness (QED) is 0.586. The van der Waals surface area contributed by atoms with Crippen molar-refractivity contribution in [1.29, 1.82) is 0 Å². The summed E-state index contributed by atoms with van der Waals surface area (Å²) in [5.41, 5.74) is 0. The molecule has 4 nitrogen and oxygen atoms in total. The number of rotatable bonds is 1. The minimum absolute atomic E-state index is 0.778. The van der Waals surface area contributed by atoms with Crippen LogP contribution in [0.1, 0.15) is 13.3 Å². The Hall–Kier alpha value is -1.06. The fraction of sp³-hybridized carbons (Fsp3) is 0.750. The fourth-order valence-electron chi connectivity index (χ4n) is 0.857. The summed E-state index contributed by atoms with van der Waals surface area (Å²) in [6.45, 7) is 5.33. The summed E-state index contributed by atoms with van der Waals surface area (Å²) < 4.78 is 9.70. The maximum absolute atomic E-state index is 5.05. The van der Waals surface area contributed by atoms with Crippen molar-refractivity contribution in [2.75, 3.05) is 26.3 Å². The van der Waals surface area contributed by atoms with E-state index in [1.54, 1.807) is 0 Å². The van der Waals surface area contributed by atoms with E-state index in [0.717, 1.165) is 38.6 Å². The molecule has 0 radical (unpaired) electrons. The van der Waals surface area contributed by atoms with Crippen molar-refractivity contribution < 1.29 is 9.47 Å². The normalized spacial score (nSPS) is 18.9. The molecule has 0 bridgehead atoms. The molecule has 0 spiro atoms. The van der Waals surface area contributed by atoms with E-state index in [4.69, 9.17) is 4.74 Å². The molecular weight excluding hydrogens is 156 g/mol. The van der Waals surface area contributed by atoms with Gasteiger partial charge in [-0.1, -0.05) is 6.92 Å². The third-order valence-corrected chi connectivity index (χ3v) is 1.44. The third-order valence-electron chi connectivity index (χ3n) is 1.44. The molecule has 0 aromatic rings. The van der Waals surface area contributed by atoms with Crippen LogP contribution in [0.4, 0.5) is 0 Å². The Morgan fingerprint density at radius 1 is 1.42 bits per heavy atom. The lowest BCUT2D eigenvalue weighted by atomic mass is 10.5. The van der Waals surface area contributed by atoms with Crippen LogP contribution in [-0.4, -0.2) is 38.6 Å². The Bertz CT molecular complexity index is 172. The number of hydrogen-bond donors (Lipinski definition) is 0. The van der Waals surface area contributed by atoms with Gasteiger partial charge in [0.25, 0.3) is 0 Å². The van der Waals surface area contributed by atoms with Gasteiger partial charge in [-0.05, 0) is 0 Å². The molecule has 0 saturated carbocycles. The minimum atomic E-state index is 0.778. The molecular formula is C8H14N2O2. The molecule has 0 amide bonds. The lowest BCUT2D eigenvalue weighted by Crippen LogP contribution is -1.94. The van der Waals surface area contributed by atoms with Crippen LogP contribution in [0.2, 0.25) is 0 Å². The van der Waals surface area contributed by atoms with Crippen LogP contribution in [0, 0.1) is 0 Å². The fourth-order valence-corrected chi connectivity index (χ4v) is 0.857. The largest absolute Gasteiger partial charge is 0.482 e. The molecule has 68 valence electrons. The van der Waals surface area contributed by atoms with Crippen LogP contribution in [-0.2, 0) is 9.47 Å². The lowest BCUT2D eigenvalue weighted by Gasteiger charge is -1.91. The molecule has 0 aromatic carbocycles. The zero-order chi connectivity index (χ0) is 8.65. The minimum Gasteiger partial charge on any atom is -0.482 e. The van der Waals surface area contributed by atoms with Crippen molar-refractivity contribution in [3.63, 3.8) is 0 Å². The summed E-state index contributed by atoms with van der Waals surface area (Å²) in [6, 6.07) is 0. The number of hydrogen-bond acceptors (Lipinski definition) is 4. The highest BCUT2D eigenvalue weighted by Gasteiger charge is 2.01. The first-order valence-corrected chi connectivity index (χ1v) is 4.19. The second-order valence-corrected chi connectivity index (χ2v) is 2.36. The summed E-state index contributed by atoms with van der Waals surface area (Å²) in [6.07, 6.45) is 2.43. The Morgan fingerprint density at radius 3 is 2.58 bits per heavy atom. The second kappa shape index (κ2) is 5.57. The van der Waals surface area contributed by atoms with Gasteiger partial charge in [-0.25, -0.2) is 0 Å². The van der Waals surface area contributed by atoms with Crippen LogP contribution in [0.15, 0.2) is 9.98 Å². The first kappa shape index (κ1) is 9.03. The number of nitrogens with zero attached hydrogens (tertiary/aromatic N) is 2. The molecule has 2 heterocycles. The molecule has 0 atom stereocenters. The SMILES string of the molecule is C1=NCCO1.CCC1=NCCO1. The highest BCUT2D eigenvalue weighted by Crippen LogP contribution is 1.95. The molecule has 2 rings (SSSR count). The molecule has 0 N–H and O–H groups in total. The van der Waals surface area contributed by atoms with Gasteiger partial charge in [0.15, 0.2) is 12.3 Å². The van der Waals surface area contributed by atoms with Crippen LogP contribution in [0.25, 0.3) is 0 Å². The van der Waals surface area contributed by atoms with Gasteiger partial charge in [0, 0.05) is 6.42 Å². The number of ether oxygens (including phenoxy) is 2. The predicted molar refractivity (Wildman–Crippen MR) is 47.9 cm³/mol. The molecule has 0 saturated heterocycles. The summed E-state index contributed by atoms with van der Waals surface area (Å²) >= 11 is 0. The third kappa shape index (κ3) is 3.37. The Labute approximate surface area is 72.3 Å². The standard InChI is InChI=1S/C5H9NO.C3H5NO/c1-2-5-6-3-4-7-5;1-2-5-3-4-1/h2-4H2,1H3;3H,1-2H2. The van der Waals surface area contributed by atoms with Gasteiger partial charge in [0.05, 0.1) is 13.1 Å². The monoisotopic (exact) mass is 170 g/mol.